The molecule has 7 heteroatoms. The minimum atomic E-state index is -0.388. The standard InChI is InChI=1S/C19H18ClN3O3/c1-12(2)19(25)26-10-4-5-13-8-9-17(24)16(11-13)23-21-15-7-3-6-14(20)18(15)22-23/h3,6-9,11,24H,1,4-5,10H2,2H3. The summed E-state index contributed by atoms with van der Waals surface area (Å²) in [4.78, 5) is 12.7. The van der Waals surface area contributed by atoms with Crippen molar-refractivity contribution >= 4 is 28.6 Å². The average Bonchev–Trinajstić information content (AvgIpc) is 3.05. The number of fused-ring (bicyclic) bond motifs is 1. The van der Waals surface area contributed by atoms with E-state index in [1.54, 1.807) is 25.1 Å². The van der Waals surface area contributed by atoms with E-state index in [0.29, 0.717) is 46.8 Å². The molecule has 2 aromatic carbocycles. The fourth-order valence-electron chi connectivity index (χ4n) is 2.46. The van der Waals surface area contributed by atoms with E-state index in [0.717, 1.165) is 5.56 Å². The molecule has 26 heavy (non-hydrogen) atoms. The first kappa shape index (κ1) is 17.9. The molecule has 0 saturated heterocycles. The highest BCUT2D eigenvalue weighted by Gasteiger charge is 2.12. The van der Waals surface area contributed by atoms with Gasteiger partial charge in [-0.05, 0) is 49.6 Å². The van der Waals surface area contributed by atoms with Crippen LogP contribution in [0.1, 0.15) is 18.9 Å². The van der Waals surface area contributed by atoms with Crippen LogP contribution in [0.4, 0.5) is 0 Å². The fourth-order valence-corrected chi connectivity index (χ4v) is 2.67. The van der Waals surface area contributed by atoms with Crippen LogP contribution in [-0.4, -0.2) is 32.7 Å². The normalized spacial score (nSPS) is 10.8. The molecule has 0 unspecified atom stereocenters. The van der Waals surface area contributed by atoms with Crippen molar-refractivity contribution in [2.75, 3.05) is 6.61 Å². The number of aromatic hydroxyl groups is 1. The zero-order chi connectivity index (χ0) is 18.7. The first-order chi connectivity index (χ1) is 12.5. The summed E-state index contributed by atoms with van der Waals surface area (Å²) >= 11 is 6.14. The Balaban J connectivity index is 1.76. The smallest absolute Gasteiger partial charge is 0.333 e. The van der Waals surface area contributed by atoms with Gasteiger partial charge in [0.2, 0.25) is 0 Å². The van der Waals surface area contributed by atoms with Crippen molar-refractivity contribution in [3.8, 4) is 11.4 Å². The van der Waals surface area contributed by atoms with Gasteiger partial charge in [-0.1, -0.05) is 30.3 Å². The summed E-state index contributed by atoms with van der Waals surface area (Å²) in [6.07, 6.45) is 1.34. The SMILES string of the molecule is C=C(C)C(=O)OCCCc1ccc(O)c(-n2nc3cccc(Cl)c3n2)c1. The Hall–Kier alpha value is -2.86. The molecule has 1 aromatic heterocycles. The van der Waals surface area contributed by atoms with Crippen LogP contribution in [-0.2, 0) is 16.0 Å². The van der Waals surface area contributed by atoms with Crippen molar-refractivity contribution in [3.63, 3.8) is 0 Å². The van der Waals surface area contributed by atoms with E-state index in [9.17, 15) is 9.90 Å². The van der Waals surface area contributed by atoms with Crippen LogP contribution in [0.3, 0.4) is 0 Å². The summed E-state index contributed by atoms with van der Waals surface area (Å²) in [6.45, 7) is 5.46. The van der Waals surface area contributed by atoms with Crippen LogP contribution in [0.5, 0.6) is 5.75 Å². The lowest BCUT2D eigenvalue weighted by molar-refractivity contribution is -0.139. The first-order valence-electron chi connectivity index (χ1n) is 8.12. The molecule has 0 amide bonds. The maximum atomic E-state index is 11.4. The number of esters is 1. The molecule has 3 rings (SSSR count). The van der Waals surface area contributed by atoms with Gasteiger partial charge in [-0.25, -0.2) is 4.79 Å². The second-order valence-corrected chi connectivity index (χ2v) is 6.35. The number of phenols is 1. The van der Waals surface area contributed by atoms with Gasteiger partial charge in [0.25, 0.3) is 0 Å². The summed E-state index contributed by atoms with van der Waals surface area (Å²) in [5.41, 5.74) is 3.04. The highest BCUT2D eigenvalue weighted by Crippen LogP contribution is 2.25. The van der Waals surface area contributed by atoms with Gasteiger partial charge in [0.15, 0.2) is 0 Å². The molecule has 134 valence electrons. The van der Waals surface area contributed by atoms with E-state index in [1.165, 1.54) is 4.80 Å². The summed E-state index contributed by atoms with van der Waals surface area (Å²) < 4.78 is 5.08. The summed E-state index contributed by atoms with van der Waals surface area (Å²) in [6, 6.07) is 10.6. The van der Waals surface area contributed by atoms with Crippen LogP contribution in [0.25, 0.3) is 16.7 Å². The predicted octanol–water partition coefficient (Wildman–Crippen LogP) is 3.83. The van der Waals surface area contributed by atoms with E-state index < -0.39 is 0 Å². The van der Waals surface area contributed by atoms with Gasteiger partial charge >= 0.3 is 5.97 Å². The van der Waals surface area contributed by atoms with E-state index in [2.05, 4.69) is 16.8 Å². The van der Waals surface area contributed by atoms with Gasteiger partial charge in [-0.15, -0.1) is 15.0 Å². The second kappa shape index (κ2) is 7.58. The Morgan fingerprint density at radius 3 is 2.85 bits per heavy atom. The zero-order valence-electron chi connectivity index (χ0n) is 14.3. The topological polar surface area (TPSA) is 77.2 Å². The van der Waals surface area contributed by atoms with Crippen molar-refractivity contribution < 1.29 is 14.6 Å². The molecule has 0 spiro atoms. The minimum Gasteiger partial charge on any atom is -0.506 e. The zero-order valence-corrected chi connectivity index (χ0v) is 15.0. The van der Waals surface area contributed by atoms with Crippen LogP contribution >= 0.6 is 11.6 Å². The molecule has 0 aliphatic carbocycles. The number of carbonyl (C=O) groups is 1. The molecule has 1 heterocycles. The fraction of sp³-hybridized carbons (Fsp3) is 0.211. The third-order valence-corrected chi connectivity index (χ3v) is 4.11. The number of hydrogen-bond acceptors (Lipinski definition) is 5. The number of rotatable bonds is 6. The highest BCUT2D eigenvalue weighted by atomic mass is 35.5. The molecular formula is C19H18ClN3O3. The van der Waals surface area contributed by atoms with Gasteiger partial charge in [0.05, 0.1) is 11.6 Å². The number of ether oxygens (including phenoxy) is 1. The third-order valence-electron chi connectivity index (χ3n) is 3.81. The van der Waals surface area contributed by atoms with Crippen molar-refractivity contribution in [1.82, 2.24) is 15.0 Å². The maximum Gasteiger partial charge on any atom is 0.333 e. The van der Waals surface area contributed by atoms with Gasteiger partial charge in [0, 0.05) is 5.57 Å². The molecule has 0 aliphatic heterocycles. The van der Waals surface area contributed by atoms with Gasteiger partial charge < -0.3 is 9.84 Å². The molecule has 3 aromatic rings. The number of nitrogens with zero attached hydrogens (tertiary/aromatic N) is 3. The van der Waals surface area contributed by atoms with E-state index in [4.69, 9.17) is 16.3 Å². The maximum absolute atomic E-state index is 11.4. The molecule has 0 atom stereocenters. The Morgan fingerprint density at radius 2 is 2.12 bits per heavy atom. The van der Waals surface area contributed by atoms with Gasteiger partial charge in [-0.2, -0.15) is 0 Å². The van der Waals surface area contributed by atoms with Gasteiger partial charge in [0.1, 0.15) is 22.5 Å². The molecule has 0 fully saturated rings. The molecule has 1 N–H and O–H groups in total. The number of phenolic OH excluding ortho intramolecular Hbond substituents is 1. The van der Waals surface area contributed by atoms with Crippen molar-refractivity contribution in [2.45, 2.75) is 19.8 Å². The highest BCUT2D eigenvalue weighted by molar-refractivity contribution is 6.34. The monoisotopic (exact) mass is 371 g/mol. The largest absolute Gasteiger partial charge is 0.506 e. The van der Waals surface area contributed by atoms with Crippen LogP contribution in [0, 0.1) is 0 Å². The Bertz CT molecular complexity index is 981. The average molecular weight is 372 g/mol. The molecule has 0 aliphatic rings. The van der Waals surface area contributed by atoms with E-state index in [-0.39, 0.29) is 11.7 Å². The van der Waals surface area contributed by atoms with E-state index in [1.807, 2.05) is 18.2 Å². The van der Waals surface area contributed by atoms with Gasteiger partial charge in [-0.3, -0.25) is 0 Å². The van der Waals surface area contributed by atoms with Crippen LogP contribution in [0.15, 0.2) is 48.6 Å². The lowest BCUT2D eigenvalue weighted by atomic mass is 10.1. The predicted molar refractivity (Wildman–Crippen MR) is 99.6 cm³/mol. The van der Waals surface area contributed by atoms with Crippen LogP contribution < -0.4 is 0 Å². The molecule has 0 radical (unpaired) electrons. The lowest BCUT2D eigenvalue weighted by Crippen LogP contribution is -2.07. The number of aryl methyl sites for hydroxylation is 1. The third kappa shape index (κ3) is 3.86. The molecular weight excluding hydrogens is 354 g/mol. The Kier molecular flexibility index (Phi) is 5.23. The first-order valence-corrected chi connectivity index (χ1v) is 8.50. The second-order valence-electron chi connectivity index (χ2n) is 5.94. The lowest BCUT2D eigenvalue weighted by Gasteiger charge is -2.07. The Labute approximate surface area is 155 Å². The van der Waals surface area contributed by atoms with E-state index >= 15 is 0 Å². The number of halogens is 1. The Morgan fingerprint density at radius 1 is 1.31 bits per heavy atom. The van der Waals surface area contributed by atoms with Crippen molar-refractivity contribution in [3.05, 3.63) is 59.1 Å². The number of hydrogen-bond donors (Lipinski definition) is 1. The summed E-state index contributed by atoms with van der Waals surface area (Å²) in [7, 11) is 0. The molecule has 0 bridgehead atoms. The van der Waals surface area contributed by atoms with Crippen molar-refractivity contribution in [2.24, 2.45) is 0 Å². The molecule has 6 nitrogen and oxygen atoms in total. The van der Waals surface area contributed by atoms with Crippen molar-refractivity contribution in [1.29, 1.82) is 0 Å². The quantitative estimate of drug-likeness (QED) is 0.405. The number of benzene rings is 2. The molecule has 0 saturated carbocycles. The number of aromatic nitrogens is 3. The summed E-state index contributed by atoms with van der Waals surface area (Å²) in [5.74, 6) is -0.320. The number of carbonyl (C=O) groups excluding carboxylic acids is 1. The minimum absolute atomic E-state index is 0.0684. The van der Waals surface area contributed by atoms with Crippen LogP contribution in [0.2, 0.25) is 5.02 Å². The summed E-state index contributed by atoms with van der Waals surface area (Å²) in [5, 5.41) is 19.4.